The van der Waals surface area contributed by atoms with Gasteiger partial charge in [0.2, 0.25) is 0 Å². The van der Waals surface area contributed by atoms with Crippen LogP contribution < -0.4 is 0 Å². The molecular formula is C8H10O3S2. The monoisotopic (exact) mass is 218 g/mol. The van der Waals surface area contributed by atoms with Crippen LogP contribution in [0, 0.1) is 11.8 Å². The molecule has 1 saturated heterocycles. The summed E-state index contributed by atoms with van der Waals surface area (Å²) in [6.45, 7) is 1.85. The summed E-state index contributed by atoms with van der Waals surface area (Å²) in [7, 11) is -3.41. The predicted octanol–water partition coefficient (Wildman–Crippen LogP) is 0.937. The van der Waals surface area contributed by atoms with Crippen LogP contribution in [-0.4, -0.2) is 19.3 Å². The van der Waals surface area contributed by atoms with Gasteiger partial charge in [-0.05, 0) is 19.3 Å². The van der Waals surface area contributed by atoms with Gasteiger partial charge in [-0.2, -0.15) is 21.0 Å². The molecule has 4 unspecified atom stereocenters. The lowest BCUT2D eigenvalue weighted by Crippen LogP contribution is -2.38. The predicted molar refractivity (Wildman–Crippen MR) is 50.9 cm³/mol. The Labute approximate surface area is 82.7 Å². The van der Waals surface area contributed by atoms with Gasteiger partial charge >= 0.3 is 0 Å². The van der Waals surface area contributed by atoms with Crippen molar-refractivity contribution >= 4 is 22.7 Å². The Morgan fingerprint density at radius 3 is 2.92 bits per heavy atom. The third-order valence-corrected chi connectivity index (χ3v) is 5.96. The van der Waals surface area contributed by atoms with Gasteiger partial charge < -0.3 is 0 Å². The van der Waals surface area contributed by atoms with Crippen LogP contribution >= 0.6 is 12.6 Å². The van der Waals surface area contributed by atoms with E-state index in [4.69, 9.17) is 4.18 Å². The first-order chi connectivity index (χ1) is 5.95. The quantitative estimate of drug-likeness (QED) is 0.486. The second-order valence-corrected chi connectivity index (χ2v) is 6.29. The van der Waals surface area contributed by atoms with E-state index in [1.54, 1.807) is 0 Å². The fraction of sp³-hybridized carbons (Fsp3) is 0.750. The van der Waals surface area contributed by atoms with Crippen molar-refractivity contribution in [2.45, 2.75) is 24.2 Å². The van der Waals surface area contributed by atoms with Gasteiger partial charge in [0.15, 0.2) is 0 Å². The summed E-state index contributed by atoms with van der Waals surface area (Å²) in [4.78, 5) is 0.505. The average Bonchev–Trinajstić information content (AvgIpc) is 2.55. The van der Waals surface area contributed by atoms with Crippen LogP contribution in [-0.2, 0) is 14.3 Å². The van der Waals surface area contributed by atoms with Gasteiger partial charge in [0, 0.05) is 11.2 Å². The maximum atomic E-state index is 11.5. The summed E-state index contributed by atoms with van der Waals surface area (Å²) >= 11 is 4.43. The number of hydrogen-bond donors (Lipinski definition) is 1. The van der Waals surface area contributed by atoms with Gasteiger partial charge in [0.25, 0.3) is 10.1 Å². The summed E-state index contributed by atoms with van der Waals surface area (Å²) in [6, 6.07) is 0. The van der Waals surface area contributed by atoms with Gasteiger partial charge in [-0.1, -0.05) is 6.08 Å². The van der Waals surface area contributed by atoms with Crippen molar-refractivity contribution in [2.24, 2.45) is 11.8 Å². The number of allylic oxidation sites excluding steroid dienone is 1. The standard InChI is InChI=1S/C8H10O3S2/c1-8-5-2-4(7(8)12)3-6(5)13(9,10)11-8/h3-5,7,12H,2H2,1H3. The van der Waals surface area contributed by atoms with E-state index in [0.29, 0.717) is 4.91 Å². The van der Waals surface area contributed by atoms with Gasteiger partial charge in [0.05, 0.1) is 4.91 Å². The molecule has 5 heteroatoms. The average molecular weight is 218 g/mol. The third-order valence-electron chi connectivity index (χ3n) is 3.49. The molecule has 72 valence electrons. The first-order valence-corrected chi connectivity index (χ1v) is 6.23. The van der Waals surface area contributed by atoms with Gasteiger partial charge in [0.1, 0.15) is 5.60 Å². The zero-order valence-corrected chi connectivity index (χ0v) is 8.81. The summed E-state index contributed by atoms with van der Waals surface area (Å²) in [5, 5.41) is 0.0264. The second-order valence-electron chi connectivity index (χ2n) is 4.19. The Hall–Kier alpha value is -0.0000000000000000555. The number of rotatable bonds is 0. The van der Waals surface area contributed by atoms with Crippen molar-refractivity contribution in [3.05, 3.63) is 11.0 Å². The lowest BCUT2D eigenvalue weighted by Gasteiger charge is -2.27. The Bertz CT molecular complexity index is 411. The van der Waals surface area contributed by atoms with Crippen LogP contribution in [0.25, 0.3) is 0 Å². The molecule has 0 aromatic carbocycles. The van der Waals surface area contributed by atoms with Crippen molar-refractivity contribution < 1.29 is 12.6 Å². The second kappa shape index (κ2) is 1.99. The molecule has 3 rings (SSSR count). The molecule has 13 heavy (non-hydrogen) atoms. The van der Waals surface area contributed by atoms with E-state index in [9.17, 15) is 8.42 Å². The zero-order valence-electron chi connectivity index (χ0n) is 7.10. The molecule has 0 N–H and O–H groups in total. The normalized spacial score (nSPS) is 55.5. The van der Waals surface area contributed by atoms with Gasteiger partial charge in [-0.25, -0.2) is 0 Å². The van der Waals surface area contributed by atoms with Gasteiger partial charge in [-0.15, -0.1) is 0 Å². The third kappa shape index (κ3) is 0.750. The molecule has 3 aliphatic rings. The highest BCUT2D eigenvalue weighted by Crippen LogP contribution is 2.60. The summed E-state index contributed by atoms with van der Waals surface area (Å²) in [5.41, 5.74) is -0.573. The van der Waals surface area contributed by atoms with Crippen LogP contribution in [0.1, 0.15) is 13.3 Å². The first kappa shape index (κ1) is 8.32. The SMILES string of the molecule is CC12OS(=O)(=O)C3=CC(CC31)C2S. The summed E-state index contributed by atoms with van der Waals surface area (Å²) < 4.78 is 28.2. The molecule has 0 aromatic rings. The molecule has 0 amide bonds. The fourth-order valence-electron chi connectivity index (χ4n) is 2.80. The molecule has 0 spiro atoms. The first-order valence-electron chi connectivity index (χ1n) is 4.30. The maximum Gasteiger partial charge on any atom is 0.293 e. The minimum absolute atomic E-state index is 0.0264. The van der Waals surface area contributed by atoms with Crippen LogP contribution in [0.2, 0.25) is 0 Å². The lowest BCUT2D eigenvalue weighted by atomic mass is 9.90. The van der Waals surface area contributed by atoms with Crippen molar-refractivity contribution in [3.63, 3.8) is 0 Å². The van der Waals surface area contributed by atoms with Crippen molar-refractivity contribution in [1.82, 2.24) is 0 Å². The summed E-state index contributed by atoms with van der Waals surface area (Å²) in [6.07, 6.45) is 2.71. The highest BCUT2D eigenvalue weighted by Gasteiger charge is 2.65. The zero-order chi connectivity index (χ0) is 9.43. The minimum Gasteiger partial charge on any atom is -0.258 e. The molecule has 0 radical (unpaired) electrons. The Morgan fingerprint density at radius 1 is 1.69 bits per heavy atom. The van der Waals surface area contributed by atoms with E-state index in [2.05, 4.69) is 12.6 Å². The Balaban J connectivity index is 2.28. The molecule has 2 bridgehead atoms. The minimum atomic E-state index is -3.41. The van der Waals surface area contributed by atoms with Crippen molar-refractivity contribution in [1.29, 1.82) is 0 Å². The molecule has 1 heterocycles. The van der Waals surface area contributed by atoms with Crippen LogP contribution in [0.5, 0.6) is 0 Å². The Morgan fingerprint density at radius 2 is 2.38 bits per heavy atom. The number of hydrogen-bond acceptors (Lipinski definition) is 4. The molecule has 1 aliphatic heterocycles. The maximum absolute atomic E-state index is 11.5. The lowest BCUT2D eigenvalue weighted by molar-refractivity contribution is 0.0999. The molecule has 2 aliphatic carbocycles. The van der Waals surface area contributed by atoms with Gasteiger partial charge in [-0.3, -0.25) is 4.18 Å². The fourth-order valence-corrected chi connectivity index (χ4v) is 5.12. The molecule has 3 nitrogen and oxygen atoms in total. The number of thiol groups is 1. The molecular weight excluding hydrogens is 208 g/mol. The van der Waals surface area contributed by atoms with E-state index in [0.717, 1.165) is 6.42 Å². The van der Waals surface area contributed by atoms with E-state index in [-0.39, 0.29) is 17.1 Å². The van der Waals surface area contributed by atoms with E-state index >= 15 is 0 Å². The molecule has 2 fully saturated rings. The topological polar surface area (TPSA) is 43.4 Å². The number of fused-ring (bicyclic) bond motifs is 1. The van der Waals surface area contributed by atoms with Crippen LogP contribution in [0.3, 0.4) is 0 Å². The molecule has 0 aromatic heterocycles. The van der Waals surface area contributed by atoms with E-state index < -0.39 is 15.7 Å². The van der Waals surface area contributed by atoms with Crippen molar-refractivity contribution in [3.8, 4) is 0 Å². The van der Waals surface area contributed by atoms with Crippen LogP contribution in [0.4, 0.5) is 0 Å². The Kier molecular flexibility index (Phi) is 1.27. The van der Waals surface area contributed by atoms with Crippen molar-refractivity contribution in [2.75, 3.05) is 0 Å². The van der Waals surface area contributed by atoms with E-state index in [1.807, 2.05) is 13.0 Å². The van der Waals surface area contributed by atoms with Crippen LogP contribution in [0.15, 0.2) is 11.0 Å². The largest absolute Gasteiger partial charge is 0.293 e. The highest BCUT2D eigenvalue weighted by molar-refractivity contribution is 7.91. The van der Waals surface area contributed by atoms with E-state index in [1.165, 1.54) is 0 Å². The smallest absolute Gasteiger partial charge is 0.258 e. The molecule has 4 atom stereocenters. The highest BCUT2D eigenvalue weighted by atomic mass is 32.2. The summed E-state index contributed by atoms with van der Waals surface area (Å²) in [5.74, 6) is 0.343. The molecule has 1 saturated carbocycles.